The molecule has 0 fully saturated rings. The van der Waals surface area contributed by atoms with Gasteiger partial charge in [-0.25, -0.2) is 9.37 Å². The Balaban J connectivity index is 1.63. The standard InChI is InChI=1S/C21H21FN2O2/c1-3-24(18-10-8-17(22)9-11-18)21(25)13-12-20-23-14-19(26-20)16-6-4-15(2)5-7-16/h4-11,14H,3,12-13H2,1-2H3. The quantitative estimate of drug-likeness (QED) is 0.642. The van der Waals surface area contributed by atoms with Crippen LogP contribution in [-0.4, -0.2) is 17.4 Å². The van der Waals surface area contributed by atoms with Crippen molar-refractivity contribution in [3.05, 3.63) is 72.0 Å². The number of oxazole rings is 1. The zero-order chi connectivity index (χ0) is 18.5. The number of hydrogen-bond donors (Lipinski definition) is 0. The van der Waals surface area contributed by atoms with E-state index < -0.39 is 0 Å². The van der Waals surface area contributed by atoms with Crippen molar-refractivity contribution >= 4 is 11.6 Å². The average molecular weight is 352 g/mol. The fourth-order valence-corrected chi connectivity index (χ4v) is 2.75. The SMILES string of the molecule is CCN(C(=O)CCc1ncc(-c2ccc(C)cc2)o1)c1ccc(F)cc1. The van der Waals surface area contributed by atoms with Crippen LogP contribution in [0.5, 0.6) is 0 Å². The molecule has 0 bridgehead atoms. The molecule has 5 heteroatoms. The minimum atomic E-state index is -0.319. The van der Waals surface area contributed by atoms with Crippen LogP contribution in [0.15, 0.2) is 59.1 Å². The monoisotopic (exact) mass is 352 g/mol. The van der Waals surface area contributed by atoms with Crippen molar-refractivity contribution in [2.24, 2.45) is 0 Å². The lowest BCUT2D eigenvalue weighted by atomic mass is 10.1. The predicted molar refractivity (Wildman–Crippen MR) is 99.4 cm³/mol. The lowest BCUT2D eigenvalue weighted by molar-refractivity contribution is -0.118. The third kappa shape index (κ3) is 4.17. The minimum absolute atomic E-state index is 0.0470. The van der Waals surface area contributed by atoms with Gasteiger partial charge in [0.2, 0.25) is 5.91 Å². The molecule has 0 spiro atoms. The van der Waals surface area contributed by atoms with E-state index in [1.54, 1.807) is 23.2 Å². The molecule has 26 heavy (non-hydrogen) atoms. The molecular weight excluding hydrogens is 331 g/mol. The highest BCUT2D eigenvalue weighted by molar-refractivity contribution is 5.93. The second-order valence-electron chi connectivity index (χ2n) is 6.10. The van der Waals surface area contributed by atoms with Crippen LogP contribution >= 0.6 is 0 Å². The van der Waals surface area contributed by atoms with Gasteiger partial charge in [-0.2, -0.15) is 0 Å². The first kappa shape index (κ1) is 17.9. The summed E-state index contributed by atoms with van der Waals surface area (Å²) in [5.41, 5.74) is 2.83. The van der Waals surface area contributed by atoms with Crippen LogP contribution in [0, 0.1) is 12.7 Å². The summed E-state index contributed by atoms with van der Waals surface area (Å²) in [6.45, 7) is 4.44. The molecule has 0 saturated heterocycles. The van der Waals surface area contributed by atoms with Gasteiger partial charge in [0.25, 0.3) is 0 Å². The number of benzene rings is 2. The Labute approximate surface area is 152 Å². The number of aryl methyl sites for hydroxylation is 2. The molecule has 2 aromatic carbocycles. The summed E-state index contributed by atoms with van der Waals surface area (Å²) in [5, 5.41) is 0. The highest BCUT2D eigenvalue weighted by atomic mass is 19.1. The Bertz CT molecular complexity index is 870. The first-order valence-corrected chi connectivity index (χ1v) is 8.64. The van der Waals surface area contributed by atoms with Crippen molar-refractivity contribution in [1.82, 2.24) is 4.98 Å². The van der Waals surface area contributed by atoms with Crippen LogP contribution in [-0.2, 0) is 11.2 Å². The summed E-state index contributed by atoms with van der Waals surface area (Å²) in [7, 11) is 0. The zero-order valence-corrected chi connectivity index (χ0v) is 14.9. The summed E-state index contributed by atoms with van der Waals surface area (Å²) in [6, 6.07) is 13.9. The number of rotatable bonds is 6. The maximum absolute atomic E-state index is 13.1. The second-order valence-corrected chi connectivity index (χ2v) is 6.10. The first-order chi connectivity index (χ1) is 12.6. The number of aromatic nitrogens is 1. The fraction of sp³-hybridized carbons (Fsp3) is 0.238. The predicted octanol–water partition coefficient (Wildman–Crippen LogP) is 4.77. The normalized spacial score (nSPS) is 10.7. The largest absolute Gasteiger partial charge is 0.441 e. The second kappa shape index (κ2) is 7.95. The van der Waals surface area contributed by atoms with E-state index in [1.807, 2.05) is 38.1 Å². The van der Waals surface area contributed by atoms with Crippen LogP contribution < -0.4 is 4.90 Å². The third-order valence-electron chi connectivity index (χ3n) is 4.20. The minimum Gasteiger partial charge on any atom is -0.441 e. The smallest absolute Gasteiger partial charge is 0.227 e. The van der Waals surface area contributed by atoms with Gasteiger partial charge in [-0.1, -0.05) is 29.8 Å². The number of nitrogens with zero attached hydrogens (tertiary/aromatic N) is 2. The van der Waals surface area contributed by atoms with Gasteiger partial charge in [0.15, 0.2) is 11.7 Å². The summed E-state index contributed by atoms with van der Waals surface area (Å²) >= 11 is 0. The molecule has 0 atom stereocenters. The van der Waals surface area contributed by atoms with E-state index in [1.165, 1.54) is 17.7 Å². The van der Waals surface area contributed by atoms with Gasteiger partial charge >= 0.3 is 0 Å². The van der Waals surface area contributed by atoms with Gasteiger partial charge in [-0.15, -0.1) is 0 Å². The summed E-state index contributed by atoms with van der Waals surface area (Å²) < 4.78 is 18.8. The topological polar surface area (TPSA) is 46.3 Å². The maximum atomic E-state index is 13.1. The van der Waals surface area contributed by atoms with Gasteiger partial charge < -0.3 is 9.32 Å². The molecule has 1 aromatic heterocycles. The van der Waals surface area contributed by atoms with Crippen LogP contribution in [0.4, 0.5) is 10.1 Å². The van der Waals surface area contributed by atoms with Crippen molar-refractivity contribution < 1.29 is 13.6 Å². The highest BCUT2D eigenvalue weighted by Crippen LogP contribution is 2.22. The molecule has 0 unspecified atom stereocenters. The van der Waals surface area contributed by atoms with Crippen LogP contribution in [0.2, 0.25) is 0 Å². The third-order valence-corrected chi connectivity index (χ3v) is 4.20. The summed E-state index contributed by atoms with van der Waals surface area (Å²) in [4.78, 5) is 18.4. The van der Waals surface area contributed by atoms with Gasteiger partial charge in [0.1, 0.15) is 5.82 Å². The molecule has 0 aliphatic heterocycles. The average Bonchev–Trinajstić information content (AvgIpc) is 3.12. The Kier molecular flexibility index (Phi) is 5.46. The molecule has 134 valence electrons. The molecule has 3 aromatic rings. The first-order valence-electron chi connectivity index (χ1n) is 8.64. The fourth-order valence-electron chi connectivity index (χ4n) is 2.75. The van der Waals surface area contributed by atoms with E-state index in [2.05, 4.69) is 4.98 Å². The summed E-state index contributed by atoms with van der Waals surface area (Å²) in [6.07, 6.45) is 2.38. The van der Waals surface area contributed by atoms with Gasteiger partial charge in [-0.3, -0.25) is 4.79 Å². The van der Waals surface area contributed by atoms with E-state index in [0.29, 0.717) is 30.3 Å². The van der Waals surface area contributed by atoms with Crippen molar-refractivity contribution in [3.63, 3.8) is 0 Å². The van der Waals surface area contributed by atoms with Crippen LogP contribution in [0.3, 0.4) is 0 Å². The lowest BCUT2D eigenvalue weighted by Crippen LogP contribution is -2.30. The molecule has 0 aliphatic carbocycles. The van der Waals surface area contributed by atoms with E-state index in [0.717, 1.165) is 5.56 Å². The molecular formula is C21H21FN2O2. The number of hydrogen-bond acceptors (Lipinski definition) is 3. The van der Waals surface area contributed by atoms with E-state index in [-0.39, 0.29) is 18.1 Å². The van der Waals surface area contributed by atoms with E-state index >= 15 is 0 Å². The number of carbonyl (C=O) groups is 1. The molecule has 1 amide bonds. The molecule has 0 saturated carbocycles. The lowest BCUT2D eigenvalue weighted by Gasteiger charge is -2.20. The maximum Gasteiger partial charge on any atom is 0.227 e. The Morgan fingerprint density at radius 3 is 2.46 bits per heavy atom. The van der Waals surface area contributed by atoms with Crippen LogP contribution in [0.1, 0.15) is 24.8 Å². The molecule has 0 N–H and O–H groups in total. The van der Waals surface area contributed by atoms with Crippen molar-refractivity contribution in [3.8, 4) is 11.3 Å². The van der Waals surface area contributed by atoms with Gasteiger partial charge in [0, 0.05) is 30.6 Å². The number of amides is 1. The van der Waals surface area contributed by atoms with Crippen LogP contribution in [0.25, 0.3) is 11.3 Å². The van der Waals surface area contributed by atoms with E-state index in [9.17, 15) is 9.18 Å². The Hall–Kier alpha value is -2.95. The number of carbonyl (C=O) groups excluding carboxylic acids is 1. The van der Waals surface area contributed by atoms with Crippen molar-refractivity contribution in [1.29, 1.82) is 0 Å². The van der Waals surface area contributed by atoms with Gasteiger partial charge in [-0.05, 0) is 38.1 Å². The number of halogens is 1. The zero-order valence-electron chi connectivity index (χ0n) is 14.9. The molecule has 0 radical (unpaired) electrons. The number of anilines is 1. The molecule has 3 rings (SSSR count). The molecule has 0 aliphatic rings. The highest BCUT2D eigenvalue weighted by Gasteiger charge is 2.15. The van der Waals surface area contributed by atoms with Gasteiger partial charge in [0.05, 0.1) is 6.20 Å². The van der Waals surface area contributed by atoms with E-state index in [4.69, 9.17) is 4.42 Å². The molecule has 4 nitrogen and oxygen atoms in total. The Morgan fingerprint density at radius 1 is 1.12 bits per heavy atom. The summed E-state index contributed by atoms with van der Waals surface area (Å²) in [5.74, 6) is 0.859. The molecule has 1 heterocycles. The van der Waals surface area contributed by atoms with Crippen molar-refractivity contribution in [2.45, 2.75) is 26.7 Å². The van der Waals surface area contributed by atoms with Crippen molar-refractivity contribution in [2.75, 3.05) is 11.4 Å². The Morgan fingerprint density at radius 2 is 1.81 bits per heavy atom.